The first-order valence-electron chi connectivity index (χ1n) is 10.6. The first-order chi connectivity index (χ1) is 14.9. The van der Waals surface area contributed by atoms with E-state index in [1.165, 1.54) is 0 Å². The van der Waals surface area contributed by atoms with E-state index in [1.807, 2.05) is 47.7 Å². The molecule has 1 saturated heterocycles. The number of likely N-dealkylation sites (tertiary alicyclic amines) is 1. The van der Waals surface area contributed by atoms with Crippen molar-refractivity contribution in [3.63, 3.8) is 0 Å². The third-order valence-electron chi connectivity index (χ3n) is 5.72. The summed E-state index contributed by atoms with van der Waals surface area (Å²) < 4.78 is 3.58. The van der Waals surface area contributed by atoms with Gasteiger partial charge in [0.05, 0.1) is 24.0 Å². The largest absolute Gasteiger partial charge is 0.349 e. The van der Waals surface area contributed by atoms with Gasteiger partial charge in [0.1, 0.15) is 0 Å². The van der Waals surface area contributed by atoms with E-state index < -0.39 is 0 Å². The molecular formula is C23H28N6O2. The van der Waals surface area contributed by atoms with E-state index in [-0.39, 0.29) is 17.9 Å². The zero-order valence-electron chi connectivity index (χ0n) is 18.2. The molecule has 1 aliphatic rings. The highest BCUT2D eigenvalue weighted by Gasteiger charge is 2.25. The second-order valence-corrected chi connectivity index (χ2v) is 8.22. The van der Waals surface area contributed by atoms with Crippen LogP contribution in [0, 0.1) is 13.8 Å². The Morgan fingerprint density at radius 1 is 1.10 bits per heavy atom. The predicted molar refractivity (Wildman–Crippen MR) is 117 cm³/mol. The van der Waals surface area contributed by atoms with Crippen LogP contribution in [-0.4, -0.2) is 55.4 Å². The number of carbonyl (C=O) groups excluding carboxylic acids is 2. The quantitative estimate of drug-likeness (QED) is 0.687. The van der Waals surface area contributed by atoms with Gasteiger partial charge in [0, 0.05) is 43.6 Å². The Kier molecular flexibility index (Phi) is 5.88. The van der Waals surface area contributed by atoms with Crippen LogP contribution in [0.1, 0.15) is 50.5 Å². The Bertz CT molecular complexity index is 1070. The standard InChI is InChI=1S/C23H28N6O2/c1-16-12-17(2)29(26-16)14-18-4-6-19(7-5-18)23(31)28-10-8-21(9-11-28)25-22(30)20-13-24-27(3)15-20/h4-7,12-13,15,21H,8-11,14H2,1-3H3,(H,25,30). The third kappa shape index (κ3) is 4.84. The van der Waals surface area contributed by atoms with Gasteiger partial charge in [-0.25, -0.2) is 0 Å². The lowest BCUT2D eigenvalue weighted by Gasteiger charge is -2.32. The van der Waals surface area contributed by atoms with Gasteiger partial charge in [-0.15, -0.1) is 0 Å². The van der Waals surface area contributed by atoms with E-state index in [9.17, 15) is 9.59 Å². The molecule has 2 amide bonds. The minimum Gasteiger partial charge on any atom is -0.349 e. The number of amides is 2. The molecule has 0 radical (unpaired) electrons. The maximum atomic E-state index is 12.9. The molecule has 0 bridgehead atoms. The van der Waals surface area contributed by atoms with Gasteiger partial charge in [-0.3, -0.25) is 19.0 Å². The van der Waals surface area contributed by atoms with Crippen LogP contribution in [-0.2, 0) is 13.6 Å². The highest BCUT2D eigenvalue weighted by molar-refractivity contribution is 5.95. The fraction of sp³-hybridized carbons (Fsp3) is 0.391. The van der Waals surface area contributed by atoms with Gasteiger partial charge in [0.2, 0.25) is 0 Å². The van der Waals surface area contributed by atoms with Crippen LogP contribution in [0.2, 0.25) is 0 Å². The van der Waals surface area contributed by atoms with Crippen molar-refractivity contribution < 1.29 is 9.59 Å². The van der Waals surface area contributed by atoms with Crippen LogP contribution >= 0.6 is 0 Å². The number of nitrogens with one attached hydrogen (secondary N) is 1. The van der Waals surface area contributed by atoms with E-state index in [2.05, 4.69) is 21.6 Å². The monoisotopic (exact) mass is 420 g/mol. The molecule has 1 N–H and O–H groups in total. The summed E-state index contributed by atoms with van der Waals surface area (Å²) in [5.74, 6) is -0.0780. The molecule has 4 rings (SSSR count). The zero-order valence-corrected chi connectivity index (χ0v) is 18.2. The van der Waals surface area contributed by atoms with Gasteiger partial charge in [0.25, 0.3) is 11.8 Å². The van der Waals surface area contributed by atoms with Crippen molar-refractivity contribution in [2.75, 3.05) is 13.1 Å². The number of aromatic nitrogens is 4. The average Bonchev–Trinajstić information content (AvgIpc) is 3.33. The Labute approximate surface area is 181 Å². The Balaban J connectivity index is 1.30. The molecule has 3 heterocycles. The second-order valence-electron chi connectivity index (χ2n) is 8.22. The van der Waals surface area contributed by atoms with Crippen molar-refractivity contribution in [2.24, 2.45) is 7.05 Å². The fourth-order valence-electron chi connectivity index (χ4n) is 3.98. The van der Waals surface area contributed by atoms with Gasteiger partial charge in [0.15, 0.2) is 0 Å². The highest BCUT2D eigenvalue weighted by Crippen LogP contribution is 2.16. The summed E-state index contributed by atoms with van der Waals surface area (Å²) >= 11 is 0. The molecule has 8 heteroatoms. The smallest absolute Gasteiger partial charge is 0.254 e. The minimum atomic E-state index is -0.115. The zero-order chi connectivity index (χ0) is 22.0. The number of hydrogen-bond acceptors (Lipinski definition) is 4. The minimum absolute atomic E-state index is 0.0368. The molecule has 0 atom stereocenters. The summed E-state index contributed by atoms with van der Waals surface area (Å²) in [5, 5.41) is 11.6. The molecule has 1 aromatic carbocycles. The SMILES string of the molecule is Cc1cc(C)n(Cc2ccc(C(=O)N3CCC(NC(=O)c4cnn(C)c4)CC3)cc2)n1. The van der Waals surface area contributed by atoms with Crippen molar-refractivity contribution in [1.29, 1.82) is 0 Å². The Morgan fingerprint density at radius 3 is 2.39 bits per heavy atom. The summed E-state index contributed by atoms with van der Waals surface area (Å²) in [6.45, 7) is 5.98. The van der Waals surface area contributed by atoms with Crippen molar-refractivity contribution in [1.82, 2.24) is 29.8 Å². The molecule has 2 aromatic heterocycles. The molecule has 1 aliphatic heterocycles. The summed E-state index contributed by atoms with van der Waals surface area (Å²) in [6, 6.07) is 9.88. The van der Waals surface area contributed by atoms with Gasteiger partial charge in [-0.1, -0.05) is 12.1 Å². The third-order valence-corrected chi connectivity index (χ3v) is 5.72. The first kappa shape index (κ1) is 20.8. The first-order valence-corrected chi connectivity index (χ1v) is 10.6. The number of benzene rings is 1. The Morgan fingerprint density at radius 2 is 1.81 bits per heavy atom. The number of nitrogens with zero attached hydrogens (tertiary/aromatic N) is 5. The molecule has 31 heavy (non-hydrogen) atoms. The number of piperidine rings is 1. The second kappa shape index (κ2) is 8.75. The number of aryl methyl sites for hydroxylation is 3. The van der Waals surface area contributed by atoms with E-state index >= 15 is 0 Å². The van der Waals surface area contributed by atoms with E-state index in [0.717, 1.165) is 29.8 Å². The van der Waals surface area contributed by atoms with Crippen LogP contribution in [0.25, 0.3) is 0 Å². The van der Waals surface area contributed by atoms with Crippen LogP contribution in [0.3, 0.4) is 0 Å². The maximum absolute atomic E-state index is 12.9. The number of rotatable bonds is 5. The summed E-state index contributed by atoms with van der Waals surface area (Å²) in [5.41, 5.74) is 4.48. The highest BCUT2D eigenvalue weighted by atomic mass is 16.2. The fourth-order valence-corrected chi connectivity index (χ4v) is 3.98. The normalized spacial score (nSPS) is 14.6. The van der Waals surface area contributed by atoms with Crippen LogP contribution < -0.4 is 5.32 Å². The molecule has 8 nitrogen and oxygen atoms in total. The van der Waals surface area contributed by atoms with Crippen molar-refractivity contribution in [3.8, 4) is 0 Å². The molecule has 0 saturated carbocycles. The van der Waals surface area contributed by atoms with Crippen molar-refractivity contribution >= 4 is 11.8 Å². The van der Waals surface area contributed by atoms with Gasteiger partial charge >= 0.3 is 0 Å². The maximum Gasteiger partial charge on any atom is 0.254 e. The summed E-state index contributed by atoms with van der Waals surface area (Å²) in [7, 11) is 1.78. The molecule has 0 aliphatic carbocycles. The number of carbonyl (C=O) groups is 2. The molecule has 0 spiro atoms. The van der Waals surface area contributed by atoms with E-state index in [4.69, 9.17) is 0 Å². The average molecular weight is 421 g/mol. The van der Waals surface area contributed by atoms with Gasteiger partial charge in [-0.05, 0) is 50.5 Å². The lowest BCUT2D eigenvalue weighted by Crippen LogP contribution is -2.46. The molecule has 1 fully saturated rings. The molecular weight excluding hydrogens is 392 g/mol. The van der Waals surface area contributed by atoms with Crippen molar-refractivity contribution in [3.05, 3.63) is 70.8 Å². The van der Waals surface area contributed by atoms with Gasteiger partial charge < -0.3 is 10.2 Å². The predicted octanol–water partition coefficient (Wildman–Crippen LogP) is 2.32. The number of hydrogen-bond donors (Lipinski definition) is 1. The molecule has 3 aromatic rings. The summed E-state index contributed by atoms with van der Waals surface area (Å²) in [4.78, 5) is 27.1. The van der Waals surface area contributed by atoms with Crippen molar-refractivity contribution in [2.45, 2.75) is 39.3 Å². The lowest BCUT2D eigenvalue weighted by molar-refractivity contribution is 0.0698. The van der Waals surface area contributed by atoms with Crippen LogP contribution in [0.4, 0.5) is 0 Å². The van der Waals surface area contributed by atoms with Crippen LogP contribution in [0.15, 0.2) is 42.7 Å². The van der Waals surface area contributed by atoms with Crippen LogP contribution in [0.5, 0.6) is 0 Å². The van der Waals surface area contributed by atoms with E-state index in [1.54, 1.807) is 24.1 Å². The Hall–Kier alpha value is -3.42. The van der Waals surface area contributed by atoms with E-state index in [0.29, 0.717) is 30.8 Å². The molecule has 162 valence electrons. The van der Waals surface area contributed by atoms with Gasteiger partial charge in [-0.2, -0.15) is 10.2 Å². The summed E-state index contributed by atoms with van der Waals surface area (Å²) in [6.07, 6.45) is 4.75. The lowest BCUT2D eigenvalue weighted by atomic mass is 10.0. The molecule has 0 unspecified atom stereocenters. The topological polar surface area (TPSA) is 85.0 Å².